The van der Waals surface area contributed by atoms with E-state index < -0.39 is 8.07 Å². The number of benzene rings is 1. The van der Waals surface area contributed by atoms with E-state index in [0.29, 0.717) is 13.4 Å². The Bertz CT molecular complexity index is 361. The van der Waals surface area contributed by atoms with Crippen LogP contribution in [0.2, 0.25) is 19.1 Å². The average molecular weight is 250 g/mol. The third kappa shape index (κ3) is 4.11. The van der Waals surface area contributed by atoms with Crippen LogP contribution in [0, 0.1) is 0 Å². The third-order valence-corrected chi connectivity index (χ3v) is 6.12. The number of ether oxygens (including phenoxy) is 2. The van der Waals surface area contributed by atoms with Crippen LogP contribution < -0.4 is 5.19 Å². The number of rotatable bonds is 7. The standard InChI is InChI=1S/C14H22O2Si/c1-5-10-17(3,4)14-9-7-6-8-13(14)11-16-12-15-2/h5-9H,1,10-12H2,2-4H3. The van der Waals surface area contributed by atoms with Crippen molar-refractivity contribution in [1.82, 2.24) is 0 Å². The van der Waals surface area contributed by atoms with Crippen LogP contribution in [-0.4, -0.2) is 22.0 Å². The molecule has 0 spiro atoms. The highest BCUT2D eigenvalue weighted by atomic mass is 28.3. The van der Waals surface area contributed by atoms with E-state index in [1.165, 1.54) is 10.8 Å². The molecule has 0 aliphatic heterocycles. The van der Waals surface area contributed by atoms with Crippen LogP contribution in [0.5, 0.6) is 0 Å². The Morgan fingerprint density at radius 3 is 2.65 bits per heavy atom. The zero-order valence-electron chi connectivity index (χ0n) is 11.0. The normalized spacial score (nSPS) is 11.5. The Labute approximate surface area is 105 Å². The molecule has 17 heavy (non-hydrogen) atoms. The Balaban J connectivity index is 2.86. The molecule has 0 fully saturated rings. The molecule has 0 heterocycles. The Morgan fingerprint density at radius 2 is 2.00 bits per heavy atom. The van der Waals surface area contributed by atoms with Crippen LogP contribution >= 0.6 is 0 Å². The van der Waals surface area contributed by atoms with Gasteiger partial charge >= 0.3 is 0 Å². The molecule has 0 aliphatic rings. The van der Waals surface area contributed by atoms with Crippen molar-refractivity contribution >= 4 is 13.3 Å². The van der Waals surface area contributed by atoms with Crippen molar-refractivity contribution in [2.45, 2.75) is 25.7 Å². The summed E-state index contributed by atoms with van der Waals surface area (Å²) in [4.78, 5) is 0. The molecule has 1 aromatic carbocycles. The average Bonchev–Trinajstić information content (AvgIpc) is 2.30. The molecular weight excluding hydrogens is 228 g/mol. The maximum absolute atomic E-state index is 5.46. The fraction of sp³-hybridized carbons (Fsp3) is 0.429. The highest BCUT2D eigenvalue weighted by Gasteiger charge is 2.24. The van der Waals surface area contributed by atoms with Crippen molar-refractivity contribution in [2.75, 3.05) is 13.9 Å². The van der Waals surface area contributed by atoms with E-state index in [1.54, 1.807) is 7.11 Å². The lowest BCUT2D eigenvalue weighted by molar-refractivity contribution is -0.0388. The minimum atomic E-state index is -1.42. The van der Waals surface area contributed by atoms with Crippen molar-refractivity contribution in [3.8, 4) is 0 Å². The van der Waals surface area contributed by atoms with Gasteiger partial charge in [0, 0.05) is 7.11 Å². The summed E-state index contributed by atoms with van der Waals surface area (Å²) < 4.78 is 10.4. The van der Waals surface area contributed by atoms with Gasteiger partial charge in [-0.2, -0.15) is 0 Å². The molecule has 0 radical (unpaired) electrons. The van der Waals surface area contributed by atoms with Crippen molar-refractivity contribution in [3.63, 3.8) is 0 Å². The molecule has 0 bridgehead atoms. The van der Waals surface area contributed by atoms with Gasteiger partial charge in [-0.3, -0.25) is 0 Å². The Kier molecular flexibility index (Phi) is 5.61. The second-order valence-corrected chi connectivity index (χ2v) is 9.50. The van der Waals surface area contributed by atoms with Crippen molar-refractivity contribution in [2.24, 2.45) is 0 Å². The Hall–Kier alpha value is -0.903. The van der Waals surface area contributed by atoms with Gasteiger partial charge in [0.05, 0.1) is 14.7 Å². The summed E-state index contributed by atoms with van der Waals surface area (Å²) in [5.74, 6) is 0. The topological polar surface area (TPSA) is 18.5 Å². The maximum Gasteiger partial charge on any atom is 0.146 e. The first kappa shape index (κ1) is 14.2. The van der Waals surface area contributed by atoms with Crippen LogP contribution in [0.1, 0.15) is 5.56 Å². The van der Waals surface area contributed by atoms with Crippen molar-refractivity contribution in [3.05, 3.63) is 42.5 Å². The number of hydrogen-bond acceptors (Lipinski definition) is 2. The molecule has 0 atom stereocenters. The van der Waals surface area contributed by atoms with E-state index in [1.807, 2.05) is 6.08 Å². The molecule has 0 aliphatic carbocycles. The largest absolute Gasteiger partial charge is 0.359 e. The summed E-state index contributed by atoms with van der Waals surface area (Å²) in [6.45, 7) is 9.56. The summed E-state index contributed by atoms with van der Waals surface area (Å²) >= 11 is 0. The van der Waals surface area contributed by atoms with Gasteiger partial charge in [0.2, 0.25) is 0 Å². The van der Waals surface area contributed by atoms with Gasteiger partial charge in [0.25, 0.3) is 0 Å². The second kappa shape index (κ2) is 6.74. The number of allylic oxidation sites excluding steroid dienone is 1. The van der Waals surface area contributed by atoms with E-state index in [0.717, 1.165) is 6.04 Å². The quantitative estimate of drug-likeness (QED) is 0.321. The van der Waals surface area contributed by atoms with Crippen molar-refractivity contribution in [1.29, 1.82) is 0 Å². The lowest BCUT2D eigenvalue weighted by Crippen LogP contribution is -2.42. The second-order valence-electron chi connectivity index (χ2n) is 4.79. The van der Waals surface area contributed by atoms with Crippen molar-refractivity contribution < 1.29 is 9.47 Å². The fourth-order valence-corrected chi connectivity index (χ4v) is 4.53. The van der Waals surface area contributed by atoms with E-state index in [9.17, 15) is 0 Å². The molecule has 0 saturated carbocycles. The zero-order valence-corrected chi connectivity index (χ0v) is 12.0. The summed E-state index contributed by atoms with van der Waals surface area (Å²) in [7, 11) is 0.218. The molecule has 3 heteroatoms. The summed E-state index contributed by atoms with van der Waals surface area (Å²) in [6, 6.07) is 9.62. The summed E-state index contributed by atoms with van der Waals surface area (Å²) in [5.41, 5.74) is 1.28. The monoisotopic (exact) mass is 250 g/mol. The zero-order chi connectivity index (χ0) is 12.7. The van der Waals surface area contributed by atoms with E-state index in [2.05, 4.69) is 43.9 Å². The van der Waals surface area contributed by atoms with E-state index >= 15 is 0 Å². The molecule has 2 nitrogen and oxygen atoms in total. The van der Waals surface area contributed by atoms with Crippen LogP contribution in [-0.2, 0) is 16.1 Å². The number of methoxy groups -OCH3 is 1. The maximum atomic E-state index is 5.46. The first-order valence-corrected chi connectivity index (χ1v) is 9.08. The van der Waals surface area contributed by atoms with Gasteiger partial charge in [-0.05, 0) is 11.6 Å². The number of hydrogen-bond donors (Lipinski definition) is 0. The van der Waals surface area contributed by atoms with Crippen LogP contribution in [0.4, 0.5) is 0 Å². The molecule has 1 aromatic rings. The molecule has 94 valence electrons. The highest BCUT2D eigenvalue weighted by Crippen LogP contribution is 2.13. The molecule has 0 N–H and O–H groups in total. The molecule has 1 rings (SSSR count). The first-order chi connectivity index (χ1) is 8.11. The molecule has 0 amide bonds. The SMILES string of the molecule is C=CC[Si](C)(C)c1ccccc1COCOC. The van der Waals surface area contributed by atoms with E-state index in [-0.39, 0.29) is 0 Å². The van der Waals surface area contributed by atoms with Crippen LogP contribution in [0.15, 0.2) is 36.9 Å². The molecule has 0 unspecified atom stereocenters. The minimum absolute atomic E-state index is 0.345. The minimum Gasteiger partial charge on any atom is -0.359 e. The lowest BCUT2D eigenvalue weighted by atomic mass is 10.2. The summed E-state index contributed by atoms with van der Waals surface area (Å²) in [5, 5.41) is 1.45. The van der Waals surface area contributed by atoms with Gasteiger partial charge in [-0.25, -0.2) is 0 Å². The van der Waals surface area contributed by atoms with Gasteiger partial charge in [0.1, 0.15) is 6.79 Å². The summed E-state index contributed by atoms with van der Waals surface area (Å²) in [6.07, 6.45) is 2.03. The van der Waals surface area contributed by atoms with Crippen LogP contribution in [0.25, 0.3) is 0 Å². The van der Waals surface area contributed by atoms with E-state index in [4.69, 9.17) is 9.47 Å². The first-order valence-electron chi connectivity index (χ1n) is 5.88. The van der Waals surface area contributed by atoms with Crippen LogP contribution in [0.3, 0.4) is 0 Å². The van der Waals surface area contributed by atoms with Gasteiger partial charge in [0.15, 0.2) is 0 Å². The predicted molar refractivity (Wildman–Crippen MR) is 75.2 cm³/mol. The lowest BCUT2D eigenvalue weighted by Gasteiger charge is -2.24. The predicted octanol–water partition coefficient (Wildman–Crippen LogP) is 2.91. The molecule has 0 saturated heterocycles. The third-order valence-electron chi connectivity index (χ3n) is 2.86. The van der Waals surface area contributed by atoms with Gasteiger partial charge in [-0.15, -0.1) is 6.58 Å². The highest BCUT2D eigenvalue weighted by molar-refractivity contribution is 6.90. The van der Waals surface area contributed by atoms with Gasteiger partial charge in [-0.1, -0.05) is 48.6 Å². The fourth-order valence-electron chi connectivity index (χ4n) is 2.01. The Morgan fingerprint density at radius 1 is 1.29 bits per heavy atom. The van der Waals surface area contributed by atoms with Gasteiger partial charge < -0.3 is 9.47 Å². The smallest absolute Gasteiger partial charge is 0.146 e. The molecular formula is C14H22O2Si. The molecule has 0 aromatic heterocycles.